The predicted molar refractivity (Wildman–Crippen MR) is 71.4 cm³/mol. The first kappa shape index (κ1) is 15.6. The number of benzene rings is 1. The van der Waals surface area contributed by atoms with Crippen molar-refractivity contribution in [1.82, 2.24) is 5.32 Å². The molecule has 0 aliphatic heterocycles. The van der Waals surface area contributed by atoms with Crippen LogP contribution in [0.4, 0.5) is 0 Å². The van der Waals surface area contributed by atoms with Crippen LogP contribution in [0.25, 0.3) is 0 Å². The number of amides is 1. The fraction of sp³-hybridized carbons (Fsp3) is 0.500. The highest BCUT2D eigenvalue weighted by Crippen LogP contribution is 2.23. The van der Waals surface area contributed by atoms with E-state index in [0.29, 0.717) is 17.7 Å². The molecule has 0 bridgehead atoms. The number of aryl methyl sites for hydroxylation is 1. The number of hydrogen-bond acceptors (Lipinski definition) is 4. The third kappa shape index (κ3) is 4.63. The Bertz CT molecular complexity index is 433. The summed E-state index contributed by atoms with van der Waals surface area (Å²) in [5.74, 6) is -0.167. The molecule has 2 unspecified atom stereocenters. The van der Waals surface area contributed by atoms with Crippen molar-refractivity contribution >= 4 is 5.91 Å². The molecule has 1 aromatic rings. The van der Waals surface area contributed by atoms with Gasteiger partial charge in [-0.3, -0.25) is 4.79 Å². The van der Waals surface area contributed by atoms with Gasteiger partial charge >= 0.3 is 0 Å². The lowest BCUT2D eigenvalue weighted by Gasteiger charge is -2.20. The van der Waals surface area contributed by atoms with Crippen LogP contribution in [0, 0.1) is 6.92 Å². The Kier molecular flexibility index (Phi) is 5.95. The molecule has 0 heterocycles. The molecule has 2 atom stereocenters. The van der Waals surface area contributed by atoms with Gasteiger partial charge in [0.05, 0.1) is 12.7 Å². The minimum absolute atomic E-state index is 0.109. The van der Waals surface area contributed by atoms with Crippen molar-refractivity contribution in [2.45, 2.75) is 39.1 Å². The van der Waals surface area contributed by atoms with E-state index in [-0.39, 0.29) is 18.9 Å². The lowest BCUT2D eigenvalue weighted by Crippen LogP contribution is -2.28. The van der Waals surface area contributed by atoms with E-state index in [0.717, 1.165) is 5.56 Å². The molecule has 5 nitrogen and oxygen atoms in total. The number of hydrogen-bond donors (Lipinski definition) is 4. The van der Waals surface area contributed by atoms with Gasteiger partial charge in [0.15, 0.2) is 0 Å². The monoisotopic (exact) mass is 267 g/mol. The molecule has 0 aromatic heterocycles. The number of rotatable bonds is 6. The van der Waals surface area contributed by atoms with E-state index in [4.69, 9.17) is 5.11 Å². The molecule has 1 aromatic carbocycles. The lowest BCUT2D eigenvalue weighted by molar-refractivity contribution is -0.119. The molecular weight excluding hydrogens is 246 g/mol. The first-order chi connectivity index (χ1) is 8.95. The van der Waals surface area contributed by atoms with E-state index >= 15 is 0 Å². The molecular formula is C14H21NO4. The summed E-state index contributed by atoms with van der Waals surface area (Å²) in [5, 5.41) is 31.7. The van der Waals surface area contributed by atoms with Gasteiger partial charge in [-0.05, 0) is 30.0 Å². The van der Waals surface area contributed by atoms with Gasteiger partial charge in [0.25, 0.3) is 0 Å². The Morgan fingerprint density at radius 1 is 1.37 bits per heavy atom. The van der Waals surface area contributed by atoms with Crippen LogP contribution in [0.15, 0.2) is 18.2 Å². The Morgan fingerprint density at radius 3 is 2.63 bits per heavy atom. The maximum Gasteiger partial charge on any atom is 0.216 e. The van der Waals surface area contributed by atoms with Crippen molar-refractivity contribution in [2.24, 2.45) is 0 Å². The van der Waals surface area contributed by atoms with Crippen LogP contribution in [0.2, 0.25) is 0 Å². The van der Waals surface area contributed by atoms with Crippen LogP contribution >= 0.6 is 0 Å². The van der Waals surface area contributed by atoms with E-state index < -0.39 is 12.2 Å². The van der Waals surface area contributed by atoms with Crippen LogP contribution in [-0.4, -0.2) is 33.9 Å². The minimum atomic E-state index is -1.03. The van der Waals surface area contributed by atoms with E-state index in [2.05, 4.69) is 5.32 Å². The summed E-state index contributed by atoms with van der Waals surface area (Å²) in [6.45, 7) is 3.44. The highest BCUT2D eigenvalue weighted by Gasteiger charge is 2.20. The second-order valence-corrected chi connectivity index (χ2v) is 4.63. The number of aliphatic hydroxyl groups is 3. The Labute approximate surface area is 112 Å². The van der Waals surface area contributed by atoms with Crippen molar-refractivity contribution in [3.8, 4) is 0 Å². The van der Waals surface area contributed by atoms with E-state index in [1.807, 2.05) is 6.92 Å². The number of aliphatic hydroxyl groups excluding tert-OH is 3. The van der Waals surface area contributed by atoms with E-state index in [1.165, 1.54) is 6.92 Å². The van der Waals surface area contributed by atoms with Crippen molar-refractivity contribution in [3.05, 3.63) is 34.9 Å². The summed E-state index contributed by atoms with van der Waals surface area (Å²) >= 11 is 0. The topological polar surface area (TPSA) is 89.8 Å². The van der Waals surface area contributed by atoms with Crippen molar-refractivity contribution < 1.29 is 20.1 Å². The van der Waals surface area contributed by atoms with Crippen LogP contribution in [-0.2, 0) is 11.4 Å². The molecule has 0 radical (unpaired) electrons. The second kappa shape index (κ2) is 7.23. The lowest BCUT2D eigenvalue weighted by atomic mass is 9.96. The van der Waals surface area contributed by atoms with Gasteiger partial charge < -0.3 is 20.6 Å². The van der Waals surface area contributed by atoms with Crippen LogP contribution in [0.5, 0.6) is 0 Å². The molecule has 0 saturated carbocycles. The van der Waals surface area contributed by atoms with Crippen LogP contribution in [0.3, 0.4) is 0 Å². The molecule has 5 heteroatoms. The smallest absolute Gasteiger partial charge is 0.216 e. The Hall–Kier alpha value is -1.43. The van der Waals surface area contributed by atoms with Crippen LogP contribution < -0.4 is 5.32 Å². The van der Waals surface area contributed by atoms with Gasteiger partial charge in [0.2, 0.25) is 5.91 Å². The predicted octanol–water partition coefficient (Wildman–Crippen LogP) is 0.408. The van der Waals surface area contributed by atoms with Gasteiger partial charge in [-0.15, -0.1) is 0 Å². The summed E-state index contributed by atoms with van der Waals surface area (Å²) in [6.07, 6.45) is -1.72. The Morgan fingerprint density at radius 2 is 2.05 bits per heavy atom. The molecule has 19 heavy (non-hydrogen) atoms. The zero-order valence-corrected chi connectivity index (χ0v) is 11.3. The molecule has 106 valence electrons. The molecule has 0 aliphatic carbocycles. The third-order valence-electron chi connectivity index (χ3n) is 3.02. The number of carbonyl (C=O) groups is 1. The summed E-state index contributed by atoms with van der Waals surface area (Å²) in [6, 6.07) is 5.25. The standard InChI is InChI=1S/C14H21NO4/c1-9-3-4-11(8-16)7-12(9)14(19)13(18)5-6-15-10(2)17/h3-4,7,13-14,16,18-19H,5-6,8H2,1-2H3,(H,15,17). The van der Waals surface area contributed by atoms with E-state index in [1.54, 1.807) is 18.2 Å². The normalized spacial score (nSPS) is 13.9. The number of carbonyl (C=O) groups excluding carboxylic acids is 1. The average molecular weight is 267 g/mol. The maximum atomic E-state index is 10.7. The van der Waals surface area contributed by atoms with Gasteiger partial charge in [0, 0.05) is 13.5 Å². The van der Waals surface area contributed by atoms with Crippen molar-refractivity contribution in [1.29, 1.82) is 0 Å². The largest absolute Gasteiger partial charge is 0.392 e. The van der Waals surface area contributed by atoms with Crippen molar-refractivity contribution in [3.63, 3.8) is 0 Å². The fourth-order valence-corrected chi connectivity index (χ4v) is 1.87. The van der Waals surface area contributed by atoms with Gasteiger partial charge in [-0.2, -0.15) is 0 Å². The quantitative estimate of drug-likeness (QED) is 0.601. The fourth-order valence-electron chi connectivity index (χ4n) is 1.87. The molecule has 1 rings (SSSR count). The SMILES string of the molecule is CC(=O)NCCC(O)C(O)c1cc(CO)ccc1C. The zero-order chi connectivity index (χ0) is 14.4. The minimum Gasteiger partial charge on any atom is -0.392 e. The highest BCUT2D eigenvalue weighted by atomic mass is 16.3. The number of nitrogens with one attached hydrogen (secondary N) is 1. The summed E-state index contributed by atoms with van der Waals surface area (Å²) < 4.78 is 0. The molecule has 0 aliphatic rings. The Balaban J connectivity index is 2.70. The third-order valence-corrected chi connectivity index (χ3v) is 3.02. The summed E-state index contributed by atoms with van der Waals surface area (Å²) in [5.41, 5.74) is 2.14. The van der Waals surface area contributed by atoms with Crippen molar-refractivity contribution in [2.75, 3.05) is 6.54 Å². The zero-order valence-electron chi connectivity index (χ0n) is 11.3. The van der Waals surface area contributed by atoms with Gasteiger partial charge in [-0.25, -0.2) is 0 Å². The summed E-state index contributed by atoms with van der Waals surface area (Å²) in [7, 11) is 0. The van der Waals surface area contributed by atoms with Crippen LogP contribution in [0.1, 0.15) is 36.1 Å². The van der Waals surface area contributed by atoms with Gasteiger partial charge in [-0.1, -0.05) is 18.2 Å². The molecule has 4 N–H and O–H groups in total. The summed E-state index contributed by atoms with van der Waals surface area (Å²) in [4.78, 5) is 10.7. The average Bonchev–Trinajstić information content (AvgIpc) is 2.38. The maximum absolute atomic E-state index is 10.7. The van der Waals surface area contributed by atoms with Gasteiger partial charge in [0.1, 0.15) is 6.10 Å². The highest BCUT2D eigenvalue weighted by molar-refractivity contribution is 5.72. The molecule has 0 fully saturated rings. The molecule has 1 amide bonds. The molecule has 0 spiro atoms. The van der Waals surface area contributed by atoms with E-state index in [9.17, 15) is 15.0 Å². The first-order valence-corrected chi connectivity index (χ1v) is 6.26. The second-order valence-electron chi connectivity index (χ2n) is 4.63. The first-order valence-electron chi connectivity index (χ1n) is 6.26. The molecule has 0 saturated heterocycles.